The Kier molecular flexibility index (Phi) is 4.85. The van der Waals surface area contributed by atoms with Gasteiger partial charge in [0, 0.05) is 18.8 Å². The lowest BCUT2D eigenvalue weighted by molar-refractivity contribution is 0.0692. The number of amides is 1. The summed E-state index contributed by atoms with van der Waals surface area (Å²) >= 11 is 3.28. The minimum Gasteiger partial charge on any atom is -0.478 e. The normalized spacial score (nSPS) is 10.7. The summed E-state index contributed by atoms with van der Waals surface area (Å²) in [6, 6.07) is 6.30. The number of carboxylic acids is 1. The third kappa shape index (κ3) is 3.49. The zero-order valence-electron chi connectivity index (χ0n) is 13.5. The molecule has 0 radical (unpaired) electrons. The molecule has 2 aromatic heterocycles. The monoisotopic (exact) mass is 421 g/mol. The summed E-state index contributed by atoms with van der Waals surface area (Å²) in [7, 11) is 1.47. The number of aromatic nitrogens is 4. The lowest BCUT2D eigenvalue weighted by Crippen LogP contribution is -2.20. The first-order valence-corrected chi connectivity index (χ1v) is 8.19. The number of hydrogen-bond donors (Lipinski definition) is 2. The fourth-order valence-corrected chi connectivity index (χ4v) is 2.81. The first-order chi connectivity index (χ1) is 12.4. The standard InChI is InChI=1S/C16H13BrFN5O3/c1-22-13(10(6-19-22)16(25)26)15(24)20-14-11(17)8-23(21-14)7-9-4-2-3-5-12(9)18/h2-6,8H,7H2,1H3,(H,25,26)(H,20,21,24). The number of benzene rings is 1. The van der Waals surface area contributed by atoms with Crippen LogP contribution in [0.1, 0.15) is 26.4 Å². The topological polar surface area (TPSA) is 102 Å². The van der Waals surface area contributed by atoms with Gasteiger partial charge in [0.05, 0.1) is 17.2 Å². The van der Waals surface area contributed by atoms with E-state index in [1.165, 1.54) is 22.5 Å². The summed E-state index contributed by atoms with van der Waals surface area (Å²) in [4.78, 5) is 23.6. The van der Waals surface area contributed by atoms with Crippen LogP contribution in [0.4, 0.5) is 10.2 Å². The first-order valence-electron chi connectivity index (χ1n) is 7.40. The zero-order chi connectivity index (χ0) is 18.8. The Labute approximate surface area is 155 Å². The van der Waals surface area contributed by atoms with Crippen LogP contribution in [-0.4, -0.2) is 36.5 Å². The van der Waals surface area contributed by atoms with Crippen molar-refractivity contribution in [3.63, 3.8) is 0 Å². The van der Waals surface area contributed by atoms with Crippen LogP contribution in [0.3, 0.4) is 0 Å². The van der Waals surface area contributed by atoms with Crippen molar-refractivity contribution in [1.29, 1.82) is 0 Å². The second-order valence-corrected chi connectivity index (χ2v) is 6.26. The second kappa shape index (κ2) is 7.08. The van der Waals surface area contributed by atoms with Crippen molar-refractivity contribution in [2.75, 3.05) is 5.32 Å². The van der Waals surface area contributed by atoms with E-state index in [-0.39, 0.29) is 29.4 Å². The molecule has 0 saturated carbocycles. The molecule has 1 amide bonds. The van der Waals surface area contributed by atoms with Crippen molar-refractivity contribution in [2.45, 2.75) is 6.54 Å². The van der Waals surface area contributed by atoms with Gasteiger partial charge in [-0.15, -0.1) is 0 Å². The fourth-order valence-electron chi connectivity index (χ4n) is 2.39. The lowest BCUT2D eigenvalue weighted by atomic mass is 10.2. The van der Waals surface area contributed by atoms with Gasteiger partial charge in [0.1, 0.15) is 17.1 Å². The number of nitrogens with zero attached hydrogens (tertiary/aromatic N) is 4. The molecular weight excluding hydrogens is 409 g/mol. The number of hydrogen-bond acceptors (Lipinski definition) is 4. The van der Waals surface area contributed by atoms with Gasteiger partial charge in [0.2, 0.25) is 0 Å². The van der Waals surface area contributed by atoms with Gasteiger partial charge in [0.25, 0.3) is 5.91 Å². The predicted octanol–water partition coefficient (Wildman–Crippen LogP) is 2.52. The molecule has 134 valence electrons. The van der Waals surface area contributed by atoms with E-state index >= 15 is 0 Å². The number of aryl methyl sites for hydroxylation is 1. The van der Waals surface area contributed by atoms with Gasteiger partial charge in [-0.3, -0.25) is 14.2 Å². The molecule has 0 atom stereocenters. The van der Waals surface area contributed by atoms with Gasteiger partial charge in [-0.05, 0) is 22.0 Å². The fraction of sp³-hybridized carbons (Fsp3) is 0.125. The quantitative estimate of drug-likeness (QED) is 0.658. The van der Waals surface area contributed by atoms with E-state index < -0.39 is 11.9 Å². The summed E-state index contributed by atoms with van der Waals surface area (Å²) in [5.74, 6) is -2.10. The molecule has 0 unspecified atom stereocenters. The average molecular weight is 422 g/mol. The highest BCUT2D eigenvalue weighted by atomic mass is 79.9. The second-order valence-electron chi connectivity index (χ2n) is 5.40. The number of anilines is 1. The zero-order valence-corrected chi connectivity index (χ0v) is 15.1. The Morgan fingerprint density at radius 2 is 2.08 bits per heavy atom. The van der Waals surface area contributed by atoms with Crippen molar-refractivity contribution in [3.05, 3.63) is 63.8 Å². The summed E-state index contributed by atoms with van der Waals surface area (Å²) in [5, 5.41) is 19.7. The molecule has 0 aliphatic rings. The van der Waals surface area contributed by atoms with E-state index in [9.17, 15) is 14.0 Å². The van der Waals surface area contributed by atoms with E-state index in [2.05, 4.69) is 31.4 Å². The van der Waals surface area contributed by atoms with Crippen molar-refractivity contribution < 1.29 is 19.1 Å². The molecule has 3 aromatic rings. The highest BCUT2D eigenvalue weighted by Gasteiger charge is 2.23. The number of aromatic carboxylic acids is 1. The van der Waals surface area contributed by atoms with Crippen LogP contribution in [-0.2, 0) is 13.6 Å². The highest BCUT2D eigenvalue weighted by Crippen LogP contribution is 2.22. The van der Waals surface area contributed by atoms with Crippen LogP contribution in [0.25, 0.3) is 0 Å². The maximum Gasteiger partial charge on any atom is 0.339 e. The van der Waals surface area contributed by atoms with Gasteiger partial charge in [0.15, 0.2) is 5.82 Å². The number of nitrogens with one attached hydrogen (secondary N) is 1. The number of halogens is 2. The van der Waals surface area contributed by atoms with Gasteiger partial charge in [-0.1, -0.05) is 18.2 Å². The minimum absolute atomic E-state index is 0.104. The molecule has 0 saturated heterocycles. The average Bonchev–Trinajstić information content (AvgIpc) is 3.13. The predicted molar refractivity (Wildman–Crippen MR) is 93.5 cm³/mol. The molecule has 8 nitrogen and oxygen atoms in total. The molecule has 1 aromatic carbocycles. The Morgan fingerprint density at radius 1 is 1.35 bits per heavy atom. The Morgan fingerprint density at radius 3 is 2.77 bits per heavy atom. The molecule has 2 heterocycles. The molecule has 2 N–H and O–H groups in total. The first kappa shape index (κ1) is 17.8. The third-order valence-corrected chi connectivity index (χ3v) is 4.20. The van der Waals surface area contributed by atoms with E-state index in [4.69, 9.17) is 5.11 Å². The summed E-state index contributed by atoms with van der Waals surface area (Å²) in [6.45, 7) is 0.174. The summed E-state index contributed by atoms with van der Waals surface area (Å²) in [6.07, 6.45) is 2.69. The Balaban J connectivity index is 1.82. The summed E-state index contributed by atoms with van der Waals surface area (Å²) in [5.41, 5.74) is 0.125. The Hall–Kier alpha value is -3.01. The van der Waals surface area contributed by atoms with Crippen LogP contribution >= 0.6 is 15.9 Å². The van der Waals surface area contributed by atoms with E-state index in [0.717, 1.165) is 6.20 Å². The number of rotatable bonds is 5. The van der Waals surface area contributed by atoms with E-state index in [1.54, 1.807) is 24.4 Å². The van der Waals surface area contributed by atoms with E-state index in [0.29, 0.717) is 10.0 Å². The third-order valence-electron chi connectivity index (χ3n) is 3.62. The largest absolute Gasteiger partial charge is 0.478 e. The van der Waals surface area contributed by atoms with Crippen LogP contribution in [0.15, 0.2) is 41.1 Å². The van der Waals surface area contributed by atoms with Gasteiger partial charge >= 0.3 is 5.97 Å². The highest BCUT2D eigenvalue weighted by molar-refractivity contribution is 9.10. The van der Waals surface area contributed by atoms with Gasteiger partial charge < -0.3 is 10.4 Å². The van der Waals surface area contributed by atoms with Crippen LogP contribution < -0.4 is 5.32 Å². The van der Waals surface area contributed by atoms with Crippen LogP contribution in [0.2, 0.25) is 0 Å². The van der Waals surface area contributed by atoms with E-state index in [1.807, 2.05) is 0 Å². The molecule has 0 bridgehead atoms. The molecule has 0 spiro atoms. The minimum atomic E-state index is -1.26. The van der Waals surface area contributed by atoms with Crippen LogP contribution in [0.5, 0.6) is 0 Å². The van der Waals surface area contributed by atoms with Gasteiger partial charge in [-0.25, -0.2) is 9.18 Å². The molecule has 0 aliphatic heterocycles. The molecular formula is C16H13BrFN5O3. The summed E-state index contributed by atoms with van der Waals surface area (Å²) < 4.78 is 16.9. The lowest BCUT2D eigenvalue weighted by Gasteiger charge is -2.05. The molecule has 26 heavy (non-hydrogen) atoms. The maximum absolute atomic E-state index is 13.8. The smallest absolute Gasteiger partial charge is 0.339 e. The van der Waals surface area contributed by atoms with Crippen molar-refractivity contribution in [1.82, 2.24) is 19.6 Å². The number of carboxylic acid groups (broad SMARTS) is 1. The van der Waals surface area contributed by atoms with Crippen molar-refractivity contribution >= 4 is 33.6 Å². The van der Waals surface area contributed by atoms with Crippen molar-refractivity contribution in [3.8, 4) is 0 Å². The van der Waals surface area contributed by atoms with Crippen molar-refractivity contribution in [2.24, 2.45) is 7.05 Å². The number of carbonyl (C=O) groups excluding carboxylic acids is 1. The van der Waals surface area contributed by atoms with Crippen LogP contribution in [0, 0.1) is 5.82 Å². The Bertz CT molecular complexity index is 998. The maximum atomic E-state index is 13.8. The molecule has 3 rings (SSSR count). The molecule has 0 aliphatic carbocycles. The van der Waals surface area contributed by atoms with Gasteiger partial charge in [-0.2, -0.15) is 10.2 Å². The molecule has 10 heteroatoms. The SMILES string of the molecule is Cn1ncc(C(=O)O)c1C(=O)Nc1nn(Cc2ccccc2F)cc1Br. The number of carbonyl (C=O) groups is 2. The molecule has 0 fully saturated rings.